The molecule has 2 N–H and O–H groups in total. The third kappa shape index (κ3) is 6.19. The van der Waals surface area contributed by atoms with Crippen molar-refractivity contribution in [3.05, 3.63) is 56.3 Å². The number of likely N-dealkylation sites (tertiary alicyclic amines) is 1. The second-order valence-corrected chi connectivity index (χ2v) is 10.4. The Morgan fingerprint density at radius 3 is 2.51 bits per heavy atom. The lowest BCUT2D eigenvalue weighted by Crippen LogP contribution is -2.48. The number of nitro benzene ring substituents is 1. The minimum absolute atomic E-state index is 0.139. The molecule has 0 bridgehead atoms. The first-order valence-electron chi connectivity index (χ1n) is 12.3. The van der Waals surface area contributed by atoms with Gasteiger partial charge in [-0.3, -0.25) is 24.7 Å². The number of rotatable bonds is 6. The lowest BCUT2D eigenvalue weighted by atomic mass is 10.0. The summed E-state index contributed by atoms with van der Waals surface area (Å²) in [5, 5.41) is 18.3. The Kier molecular flexibility index (Phi) is 8.28. The standard InChI is InChI=1S/C25H31BrN6O5/c1-15-12-31(13-16(2)37-15)25(34)21-8-18(26)9-22(32(35)36)23(21)29-19-5-4-6-30(14-19)24(33)17-7-20(27-3)11-28-10-17/h7-11,15-16,19,27,29H,4-6,12-14H2,1-3H3/t15-,16-,19+/m0/s1. The normalized spacial score (nSPS) is 21.9. The zero-order valence-electron chi connectivity index (χ0n) is 21.1. The highest BCUT2D eigenvalue weighted by molar-refractivity contribution is 9.10. The first kappa shape index (κ1) is 26.8. The molecule has 3 atom stereocenters. The highest BCUT2D eigenvalue weighted by Gasteiger charge is 2.33. The summed E-state index contributed by atoms with van der Waals surface area (Å²) >= 11 is 3.33. The molecule has 12 heteroatoms. The van der Waals surface area contributed by atoms with E-state index in [0.29, 0.717) is 49.1 Å². The van der Waals surface area contributed by atoms with Gasteiger partial charge in [0.25, 0.3) is 17.5 Å². The average molecular weight is 575 g/mol. The summed E-state index contributed by atoms with van der Waals surface area (Å²) in [6.45, 7) is 5.50. The van der Waals surface area contributed by atoms with Crippen LogP contribution in [-0.4, -0.2) is 83.0 Å². The van der Waals surface area contributed by atoms with Gasteiger partial charge < -0.3 is 25.2 Å². The molecule has 37 heavy (non-hydrogen) atoms. The number of nitrogens with zero attached hydrogens (tertiary/aromatic N) is 4. The molecule has 2 fully saturated rings. The number of amides is 2. The van der Waals surface area contributed by atoms with Crippen LogP contribution in [0.25, 0.3) is 0 Å². The Balaban J connectivity index is 1.60. The number of hydrogen-bond acceptors (Lipinski definition) is 8. The largest absolute Gasteiger partial charge is 0.387 e. The average Bonchev–Trinajstić information content (AvgIpc) is 2.88. The molecule has 0 spiro atoms. The van der Waals surface area contributed by atoms with Crippen molar-refractivity contribution in [2.45, 2.75) is 44.9 Å². The van der Waals surface area contributed by atoms with Crippen molar-refractivity contribution in [1.82, 2.24) is 14.8 Å². The number of benzene rings is 1. The summed E-state index contributed by atoms with van der Waals surface area (Å²) < 4.78 is 6.20. The van der Waals surface area contributed by atoms with Crippen molar-refractivity contribution in [2.24, 2.45) is 0 Å². The number of carbonyl (C=O) groups excluding carboxylic acids is 2. The number of pyridine rings is 1. The summed E-state index contributed by atoms with van der Waals surface area (Å²) in [4.78, 5) is 45.8. The fraction of sp³-hybridized carbons (Fsp3) is 0.480. The minimum atomic E-state index is -0.491. The molecule has 2 saturated heterocycles. The van der Waals surface area contributed by atoms with Gasteiger partial charge in [0.05, 0.1) is 33.9 Å². The van der Waals surface area contributed by atoms with Crippen molar-refractivity contribution in [3.8, 4) is 0 Å². The van der Waals surface area contributed by atoms with Gasteiger partial charge in [-0.15, -0.1) is 0 Å². The minimum Gasteiger partial charge on any atom is -0.387 e. The molecule has 0 radical (unpaired) electrons. The molecule has 2 amide bonds. The van der Waals surface area contributed by atoms with Gasteiger partial charge in [-0.05, 0) is 38.8 Å². The Hall–Kier alpha value is -3.25. The van der Waals surface area contributed by atoms with Crippen molar-refractivity contribution in [3.63, 3.8) is 0 Å². The number of ether oxygens (including phenoxy) is 1. The van der Waals surface area contributed by atoms with Crippen molar-refractivity contribution < 1.29 is 19.2 Å². The Morgan fingerprint density at radius 1 is 1.11 bits per heavy atom. The van der Waals surface area contributed by atoms with E-state index < -0.39 is 4.92 Å². The number of nitro groups is 1. The maximum Gasteiger partial charge on any atom is 0.294 e. The van der Waals surface area contributed by atoms with Crippen LogP contribution in [0.5, 0.6) is 0 Å². The molecule has 2 aliphatic heterocycles. The van der Waals surface area contributed by atoms with Crippen LogP contribution in [0, 0.1) is 10.1 Å². The first-order chi connectivity index (χ1) is 17.7. The quantitative estimate of drug-likeness (QED) is 0.394. The van der Waals surface area contributed by atoms with Gasteiger partial charge in [-0.2, -0.15) is 0 Å². The van der Waals surface area contributed by atoms with Crippen LogP contribution in [0.15, 0.2) is 35.1 Å². The summed E-state index contributed by atoms with van der Waals surface area (Å²) in [5.74, 6) is -0.457. The molecule has 0 aliphatic carbocycles. The SMILES string of the molecule is CNc1cncc(C(=O)N2CCC[C@@H](Nc3c(C(=O)N4C[C@H](C)O[C@@H](C)C4)cc(Br)cc3[N+](=O)[O-])C2)c1. The van der Waals surface area contributed by atoms with Crippen LogP contribution < -0.4 is 10.6 Å². The summed E-state index contributed by atoms with van der Waals surface area (Å²) in [6.07, 6.45) is 4.30. The fourth-order valence-corrected chi connectivity index (χ4v) is 5.38. The number of piperidine rings is 1. The number of hydrogen-bond donors (Lipinski definition) is 2. The van der Waals surface area contributed by atoms with Crippen LogP contribution in [0.2, 0.25) is 0 Å². The molecule has 2 aromatic rings. The lowest BCUT2D eigenvalue weighted by Gasteiger charge is -2.36. The molecule has 11 nitrogen and oxygen atoms in total. The molecule has 0 unspecified atom stereocenters. The number of aromatic nitrogens is 1. The molecule has 1 aromatic heterocycles. The van der Waals surface area contributed by atoms with Crippen LogP contribution >= 0.6 is 15.9 Å². The van der Waals surface area contributed by atoms with E-state index in [2.05, 4.69) is 31.5 Å². The number of anilines is 2. The van der Waals surface area contributed by atoms with Crippen LogP contribution in [0.4, 0.5) is 17.1 Å². The highest BCUT2D eigenvalue weighted by atomic mass is 79.9. The van der Waals surface area contributed by atoms with E-state index in [9.17, 15) is 19.7 Å². The van der Waals surface area contributed by atoms with Crippen LogP contribution in [0.1, 0.15) is 47.4 Å². The van der Waals surface area contributed by atoms with E-state index in [-0.39, 0.29) is 47.0 Å². The summed E-state index contributed by atoms with van der Waals surface area (Å²) in [6, 6.07) is 4.48. The van der Waals surface area contributed by atoms with Gasteiger partial charge in [0, 0.05) is 62.2 Å². The number of carbonyl (C=O) groups is 2. The number of nitrogens with one attached hydrogen (secondary N) is 2. The van der Waals surface area contributed by atoms with Gasteiger partial charge in [-0.1, -0.05) is 15.9 Å². The molecule has 198 valence electrons. The van der Waals surface area contributed by atoms with Gasteiger partial charge in [0.1, 0.15) is 5.69 Å². The van der Waals surface area contributed by atoms with Gasteiger partial charge in [-0.25, -0.2) is 0 Å². The smallest absolute Gasteiger partial charge is 0.294 e. The molecule has 2 aliphatic rings. The predicted molar refractivity (Wildman–Crippen MR) is 143 cm³/mol. The molecular weight excluding hydrogens is 544 g/mol. The number of morpholine rings is 1. The Bertz CT molecular complexity index is 1180. The van der Waals surface area contributed by atoms with E-state index in [1.54, 1.807) is 35.2 Å². The summed E-state index contributed by atoms with van der Waals surface area (Å²) in [5.41, 5.74) is 1.40. The highest BCUT2D eigenvalue weighted by Crippen LogP contribution is 2.35. The zero-order valence-corrected chi connectivity index (χ0v) is 22.7. The third-order valence-electron chi connectivity index (χ3n) is 6.55. The fourth-order valence-electron chi connectivity index (χ4n) is 4.93. The number of halogens is 1. The molecular formula is C25H31BrN6O5. The van der Waals surface area contributed by atoms with Crippen molar-refractivity contribution in [1.29, 1.82) is 0 Å². The third-order valence-corrected chi connectivity index (χ3v) is 7.01. The first-order valence-corrected chi connectivity index (χ1v) is 13.1. The van der Waals surface area contributed by atoms with E-state index in [1.807, 2.05) is 13.8 Å². The monoisotopic (exact) mass is 574 g/mol. The Labute approximate surface area is 223 Å². The van der Waals surface area contributed by atoms with E-state index >= 15 is 0 Å². The topological polar surface area (TPSA) is 130 Å². The van der Waals surface area contributed by atoms with Gasteiger partial charge >= 0.3 is 0 Å². The lowest BCUT2D eigenvalue weighted by molar-refractivity contribution is -0.384. The van der Waals surface area contributed by atoms with Crippen molar-refractivity contribution >= 4 is 44.8 Å². The molecule has 1 aromatic carbocycles. The molecule has 0 saturated carbocycles. The zero-order chi connectivity index (χ0) is 26.7. The molecule has 4 rings (SSSR count). The second kappa shape index (κ2) is 11.4. The van der Waals surface area contributed by atoms with Gasteiger partial charge in [0.15, 0.2) is 0 Å². The van der Waals surface area contributed by atoms with Crippen molar-refractivity contribution in [2.75, 3.05) is 43.9 Å². The van der Waals surface area contributed by atoms with Crippen LogP contribution in [-0.2, 0) is 4.74 Å². The molecule has 3 heterocycles. The van der Waals surface area contributed by atoms with E-state index in [1.165, 1.54) is 12.3 Å². The predicted octanol–water partition coefficient (Wildman–Crippen LogP) is 3.76. The summed E-state index contributed by atoms with van der Waals surface area (Å²) in [7, 11) is 1.76. The Morgan fingerprint density at radius 2 is 1.84 bits per heavy atom. The van der Waals surface area contributed by atoms with E-state index in [0.717, 1.165) is 5.69 Å². The second-order valence-electron chi connectivity index (χ2n) is 9.52. The van der Waals surface area contributed by atoms with E-state index in [4.69, 9.17) is 4.74 Å². The van der Waals surface area contributed by atoms with Crippen LogP contribution in [0.3, 0.4) is 0 Å². The maximum absolute atomic E-state index is 13.6. The maximum atomic E-state index is 13.6. The van der Waals surface area contributed by atoms with Gasteiger partial charge in [0.2, 0.25) is 0 Å².